The highest BCUT2D eigenvalue weighted by Crippen LogP contribution is 2.34. The molecule has 7 heteroatoms. The van der Waals surface area contributed by atoms with Crippen LogP contribution < -0.4 is 10.5 Å². The molecule has 88 valence electrons. The average Bonchev–Trinajstić information content (AvgIpc) is 2.19. The molecule has 0 amide bonds. The van der Waals surface area contributed by atoms with Gasteiger partial charge < -0.3 is 15.6 Å². The summed E-state index contributed by atoms with van der Waals surface area (Å²) in [6.07, 6.45) is -2.31. The van der Waals surface area contributed by atoms with E-state index in [-0.39, 0.29) is 17.1 Å². The molecule has 5 nitrogen and oxygen atoms in total. The number of carboxylic acids is 1. The molecule has 0 aliphatic heterocycles. The van der Waals surface area contributed by atoms with E-state index < -0.39 is 24.4 Å². The van der Waals surface area contributed by atoms with Crippen molar-refractivity contribution in [2.24, 2.45) is 0 Å². The van der Waals surface area contributed by atoms with Crippen LogP contribution in [-0.4, -0.2) is 23.2 Å². The smallest absolute Gasteiger partial charge is 0.309 e. The highest BCUT2D eigenvalue weighted by molar-refractivity contribution is 5.73. The SMILES string of the molecule is COc1cnc(CC(=O)O)c(N)c1C(F)F. The summed E-state index contributed by atoms with van der Waals surface area (Å²) in [6.45, 7) is 0. The van der Waals surface area contributed by atoms with E-state index in [9.17, 15) is 13.6 Å². The van der Waals surface area contributed by atoms with Crippen LogP contribution in [0.25, 0.3) is 0 Å². The number of methoxy groups -OCH3 is 1. The molecule has 0 fully saturated rings. The molecule has 3 N–H and O–H groups in total. The first-order valence-electron chi connectivity index (χ1n) is 4.28. The number of hydrogen-bond acceptors (Lipinski definition) is 4. The van der Waals surface area contributed by atoms with Gasteiger partial charge in [0.25, 0.3) is 6.43 Å². The molecule has 0 aliphatic carbocycles. The molecule has 0 atom stereocenters. The fourth-order valence-corrected chi connectivity index (χ4v) is 1.24. The zero-order valence-electron chi connectivity index (χ0n) is 8.41. The number of aromatic nitrogens is 1. The molecule has 0 saturated carbocycles. The Bertz CT molecular complexity index is 410. The Morgan fingerprint density at radius 3 is 2.75 bits per heavy atom. The Kier molecular flexibility index (Phi) is 3.60. The first-order chi connectivity index (χ1) is 7.47. The molecule has 1 rings (SSSR count). The molecule has 0 unspecified atom stereocenters. The first-order valence-corrected chi connectivity index (χ1v) is 4.28. The van der Waals surface area contributed by atoms with E-state index in [1.165, 1.54) is 7.11 Å². The van der Waals surface area contributed by atoms with E-state index in [2.05, 4.69) is 9.72 Å². The quantitative estimate of drug-likeness (QED) is 0.815. The van der Waals surface area contributed by atoms with Crippen LogP contribution in [0, 0.1) is 0 Å². The number of rotatable bonds is 4. The van der Waals surface area contributed by atoms with E-state index in [1.807, 2.05) is 0 Å². The van der Waals surface area contributed by atoms with Crippen molar-refractivity contribution < 1.29 is 23.4 Å². The van der Waals surface area contributed by atoms with Gasteiger partial charge in [0.1, 0.15) is 5.75 Å². The fraction of sp³-hybridized carbons (Fsp3) is 0.333. The molecule has 16 heavy (non-hydrogen) atoms. The summed E-state index contributed by atoms with van der Waals surface area (Å²) >= 11 is 0. The van der Waals surface area contributed by atoms with Gasteiger partial charge in [-0.15, -0.1) is 0 Å². The van der Waals surface area contributed by atoms with E-state index >= 15 is 0 Å². The lowest BCUT2D eigenvalue weighted by Crippen LogP contribution is -2.09. The predicted octanol–water partition coefficient (Wildman–Crippen LogP) is 1.24. The van der Waals surface area contributed by atoms with Crippen LogP contribution in [0.2, 0.25) is 0 Å². The molecule has 0 saturated heterocycles. The summed E-state index contributed by atoms with van der Waals surface area (Å²) in [7, 11) is 1.21. The van der Waals surface area contributed by atoms with Crippen LogP contribution in [-0.2, 0) is 11.2 Å². The number of anilines is 1. The molecule has 0 bridgehead atoms. The summed E-state index contributed by atoms with van der Waals surface area (Å²) in [5.74, 6) is -1.34. The number of carboxylic acid groups (broad SMARTS) is 1. The zero-order chi connectivity index (χ0) is 12.3. The number of halogens is 2. The van der Waals surface area contributed by atoms with Gasteiger partial charge in [0.05, 0.1) is 36.7 Å². The van der Waals surface area contributed by atoms with Crippen LogP contribution >= 0.6 is 0 Å². The number of carbonyl (C=O) groups is 1. The predicted molar refractivity (Wildman–Crippen MR) is 51.5 cm³/mol. The average molecular weight is 232 g/mol. The lowest BCUT2D eigenvalue weighted by molar-refractivity contribution is -0.136. The van der Waals surface area contributed by atoms with Crippen molar-refractivity contribution in [3.05, 3.63) is 17.5 Å². The van der Waals surface area contributed by atoms with Gasteiger partial charge in [0.2, 0.25) is 0 Å². The van der Waals surface area contributed by atoms with Gasteiger partial charge in [-0.2, -0.15) is 0 Å². The number of nitrogen functional groups attached to an aromatic ring is 1. The maximum Gasteiger partial charge on any atom is 0.309 e. The minimum Gasteiger partial charge on any atom is -0.495 e. The standard InChI is InChI=1S/C9H10F2N2O3/c1-16-5-3-13-4(2-6(14)15)8(12)7(5)9(10)11/h3,9H,2,12H2,1H3,(H,14,15). The third kappa shape index (κ3) is 2.36. The first kappa shape index (κ1) is 12.2. The summed E-state index contributed by atoms with van der Waals surface area (Å²) in [6, 6.07) is 0. The molecule has 1 heterocycles. The van der Waals surface area contributed by atoms with Crippen molar-refractivity contribution in [1.29, 1.82) is 0 Å². The molecule has 0 radical (unpaired) electrons. The monoisotopic (exact) mass is 232 g/mol. The van der Waals surface area contributed by atoms with Gasteiger partial charge in [0.15, 0.2) is 0 Å². The second-order valence-electron chi connectivity index (χ2n) is 2.97. The molecular formula is C9H10F2N2O3. The van der Waals surface area contributed by atoms with E-state index in [1.54, 1.807) is 0 Å². The molecule has 0 spiro atoms. The van der Waals surface area contributed by atoms with Crippen molar-refractivity contribution in [2.75, 3.05) is 12.8 Å². The van der Waals surface area contributed by atoms with Crippen molar-refractivity contribution in [3.63, 3.8) is 0 Å². The maximum atomic E-state index is 12.7. The van der Waals surface area contributed by atoms with Crippen molar-refractivity contribution in [3.8, 4) is 5.75 Å². The van der Waals surface area contributed by atoms with Crippen molar-refractivity contribution in [1.82, 2.24) is 4.98 Å². The lowest BCUT2D eigenvalue weighted by atomic mass is 10.1. The fourth-order valence-electron chi connectivity index (χ4n) is 1.24. The van der Waals surface area contributed by atoms with Crippen LogP contribution in [0.15, 0.2) is 6.20 Å². The molecule has 1 aromatic heterocycles. The van der Waals surface area contributed by atoms with Crippen LogP contribution in [0.1, 0.15) is 17.7 Å². The number of alkyl halides is 2. The highest BCUT2D eigenvalue weighted by Gasteiger charge is 2.21. The Labute approximate surface area is 89.9 Å². The second kappa shape index (κ2) is 4.73. The van der Waals surface area contributed by atoms with Gasteiger partial charge in [-0.05, 0) is 0 Å². The molecular weight excluding hydrogens is 222 g/mol. The number of nitrogens with two attached hydrogens (primary N) is 1. The third-order valence-electron chi connectivity index (χ3n) is 1.96. The van der Waals surface area contributed by atoms with Crippen molar-refractivity contribution in [2.45, 2.75) is 12.8 Å². The summed E-state index contributed by atoms with van der Waals surface area (Å²) in [4.78, 5) is 14.1. The number of aliphatic carboxylic acids is 1. The van der Waals surface area contributed by atoms with E-state index in [4.69, 9.17) is 10.8 Å². The largest absolute Gasteiger partial charge is 0.495 e. The highest BCUT2D eigenvalue weighted by atomic mass is 19.3. The van der Waals surface area contributed by atoms with Gasteiger partial charge >= 0.3 is 5.97 Å². The lowest BCUT2D eigenvalue weighted by Gasteiger charge is -2.12. The minimum absolute atomic E-state index is 0.0939. The second-order valence-corrected chi connectivity index (χ2v) is 2.97. The summed E-state index contributed by atoms with van der Waals surface area (Å²) < 4.78 is 30.0. The summed E-state index contributed by atoms with van der Waals surface area (Å²) in [5, 5.41) is 8.53. The number of pyridine rings is 1. The number of nitrogens with zero attached hydrogens (tertiary/aromatic N) is 1. The normalized spacial score (nSPS) is 10.5. The zero-order valence-corrected chi connectivity index (χ0v) is 8.41. The van der Waals surface area contributed by atoms with Crippen molar-refractivity contribution >= 4 is 11.7 Å². The molecule has 0 aliphatic rings. The summed E-state index contributed by atoms with van der Waals surface area (Å²) in [5.41, 5.74) is 4.47. The molecule has 0 aromatic carbocycles. The van der Waals surface area contributed by atoms with Gasteiger partial charge in [-0.3, -0.25) is 9.78 Å². The van der Waals surface area contributed by atoms with E-state index in [0.717, 1.165) is 6.20 Å². The molecule has 1 aromatic rings. The Hall–Kier alpha value is -1.92. The Morgan fingerprint density at radius 1 is 1.69 bits per heavy atom. The minimum atomic E-state index is -2.84. The Balaban J connectivity index is 3.26. The van der Waals surface area contributed by atoms with Crippen LogP contribution in [0.5, 0.6) is 5.75 Å². The van der Waals surface area contributed by atoms with Crippen LogP contribution in [0.4, 0.5) is 14.5 Å². The maximum absolute atomic E-state index is 12.7. The van der Waals surface area contributed by atoms with Gasteiger partial charge in [-0.1, -0.05) is 0 Å². The number of hydrogen-bond donors (Lipinski definition) is 2. The van der Waals surface area contributed by atoms with Gasteiger partial charge in [0, 0.05) is 0 Å². The van der Waals surface area contributed by atoms with E-state index in [0.29, 0.717) is 0 Å². The number of ether oxygens (including phenoxy) is 1. The van der Waals surface area contributed by atoms with Gasteiger partial charge in [-0.25, -0.2) is 8.78 Å². The van der Waals surface area contributed by atoms with Crippen LogP contribution in [0.3, 0.4) is 0 Å². The Morgan fingerprint density at radius 2 is 2.31 bits per heavy atom. The third-order valence-corrected chi connectivity index (χ3v) is 1.96. The topological polar surface area (TPSA) is 85.4 Å².